The molecule has 0 atom stereocenters. The molecule has 7 nitrogen and oxygen atoms in total. The second kappa shape index (κ2) is 14.2. The minimum Gasteiger partial charge on any atom is -0.481 e. The van der Waals surface area contributed by atoms with Gasteiger partial charge in [-0.05, 0) is 66.7 Å². The van der Waals surface area contributed by atoms with Crippen LogP contribution in [0.4, 0.5) is 0 Å². The number of nitrogens with zero attached hydrogens (tertiary/aromatic N) is 2. The number of aromatic nitrogens is 2. The highest BCUT2D eigenvalue weighted by atomic mass is 28.4. The number of H-pyrrole nitrogens is 1. The fraction of sp³-hybridized carbons (Fsp3) is 0.462. The van der Waals surface area contributed by atoms with Gasteiger partial charge in [-0.3, -0.25) is 9.59 Å². The first-order valence-electron chi connectivity index (χ1n) is 17.0. The van der Waals surface area contributed by atoms with Crippen molar-refractivity contribution in [2.75, 3.05) is 13.2 Å². The van der Waals surface area contributed by atoms with Crippen LogP contribution in [0.3, 0.4) is 0 Å². The Bertz CT molecular complexity index is 1730. The summed E-state index contributed by atoms with van der Waals surface area (Å²) in [6.45, 7) is 16.0. The van der Waals surface area contributed by atoms with E-state index in [-0.39, 0.29) is 40.5 Å². The van der Waals surface area contributed by atoms with E-state index in [9.17, 15) is 9.59 Å². The summed E-state index contributed by atoms with van der Waals surface area (Å²) in [4.78, 5) is 38.0. The molecule has 1 N–H and O–H groups in total. The lowest BCUT2D eigenvalue weighted by molar-refractivity contribution is 0.0657. The molecule has 0 unspecified atom stereocenters. The molecule has 1 fully saturated rings. The number of aromatic amines is 1. The van der Waals surface area contributed by atoms with Crippen LogP contribution in [0, 0.1) is 0 Å². The molecule has 1 heterocycles. The van der Waals surface area contributed by atoms with Crippen LogP contribution in [0.5, 0.6) is 5.75 Å². The van der Waals surface area contributed by atoms with Gasteiger partial charge in [0.25, 0.3) is 11.5 Å². The number of hydrogen-bond acceptors (Lipinski definition) is 5. The molecule has 5 rings (SSSR count). The van der Waals surface area contributed by atoms with Crippen LogP contribution in [0.25, 0.3) is 10.8 Å². The summed E-state index contributed by atoms with van der Waals surface area (Å²) in [5.41, 5.74) is 1.62. The summed E-state index contributed by atoms with van der Waals surface area (Å²) >= 11 is 0. The highest BCUT2D eigenvalue weighted by Crippen LogP contribution is 2.45. The Morgan fingerprint density at radius 2 is 1.64 bits per heavy atom. The molecule has 8 heteroatoms. The molecule has 1 aliphatic rings. The first-order chi connectivity index (χ1) is 22.3. The topological polar surface area (TPSA) is 84.5 Å². The Morgan fingerprint density at radius 1 is 0.979 bits per heavy atom. The molecule has 0 aliphatic heterocycles. The van der Waals surface area contributed by atoms with Crippen LogP contribution in [-0.2, 0) is 22.9 Å². The van der Waals surface area contributed by atoms with Gasteiger partial charge in [-0.1, -0.05) is 106 Å². The van der Waals surface area contributed by atoms with E-state index in [0.29, 0.717) is 25.4 Å². The van der Waals surface area contributed by atoms with Crippen molar-refractivity contribution in [3.8, 4) is 5.75 Å². The number of carbonyl (C=O) groups excluding carboxylic acids is 1. The molecule has 0 bridgehead atoms. The Morgan fingerprint density at radius 3 is 2.32 bits per heavy atom. The Labute approximate surface area is 280 Å². The summed E-state index contributed by atoms with van der Waals surface area (Å²) < 4.78 is 12.6. The first-order valence-corrected chi connectivity index (χ1v) is 20.0. The SMILES string of the molecule is CC(C)N(CCO[Si](C)(C)C(C)(C)C)C(=O)c1nc(CC2(c3cccc4ccccc34)CCCC2)[nH]c(=O)c1OCc1ccccc1. The number of benzene rings is 3. The van der Waals surface area contributed by atoms with Crippen molar-refractivity contribution in [3.05, 3.63) is 106 Å². The maximum Gasteiger partial charge on any atom is 0.294 e. The quantitative estimate of drug-likeness (QED) is 0.155. The van der Waals surface area contributed by atoms with E-state index in [1.165, 1.54) is 16.3 Å². The fourth-order valence-electron chi connectivity index (χ4n) is 6.55. The van der Waals surface area contributed by atoms with Gasteiger partial charge in [0.15, 0.2) is 14.0 Å². The van der Waals surface area contributed by atoms with Crippen molar-refractivity contribution in [2.45, 2.75) is 103 Å². The molecule has 250 valence electrons. The lowest BCUT2D eigenvalue weighted by atomic mass is 9.74. The number of nitrogens with one attached hydrogen (secondary N) is 1. The molecule has 4 aromatic rings. The van der Waals surface area contributed by atoms with E-state index in [4.69, 9.17) is 14.1 Å². The average molecular weight is 654 g/mol. The largest absolute Gasteiger partial charge is 0.481 e. The first kappa shape index (κ1) is 34.6. The molecule has 3 aromatic carbocycles. The standard InChI is InChI=1S/C39H51N3O4Si/c1-28(2)42(24-25-46-47(6,7)38(3,4)5)37(44)34-35(45-27-29-16-9-8-10-17-29)36(43)41-33(40-34)26-39(22-13-14-23-39)32-21-15-19-30-18-11-12-20-31(30)32/h8-12,15-21,28H,13-14,22-27H2,1-7H3,(H,40,41,43). The van der Waals surface area contributed by atoms with E-state index in [1.54, 1.807) is 4.90 Å². The van der Waals surface area contributed by atoms with Crippen molar-refractivity contribution in [3.63, 3.8) is 0 Å². The van der Waals surface area contributed by atoms with Crippen molar-refractivity contribution >= 4 is 25.0 Å². The van der Waals surface area contributed by atoms with Crippen molar-refractivity contribution < 1.29 is 14.0 Å². The van der Waals surface area contributed by atoms with Gasteiger partial charge >= 0.3 is 0 Å². The maximum atomic E-state index is 14.4. The van der Waals surface area contributed by atoms with Crippen LogP contribution >= 0.6 is 0 Å². The second-order valence-corrected chi connectivity index (χ2v) is 19.7. The molecule has 47 heavy (non-hydrogen) atoms. The van der Waals surface area contributed by atoms with Gasteiger partial charge in [0.1, 0.15) is 12.4 Å². The predicted molar refractivity (Wildman–Crippen MR) is 193 cm³/mol. The smallest absolute Gasteiger partial charge is 0.294 e. The van der Waals surface area contributed by atoms with Crippen molar-refractivity contribution in [2.24, 2.45) is 0 Å². The second-order valence-electron chi connectivity index (χ2n) is 14.9. The minimum absolute atomic E-state index is 0.0378. The van der Waals surface area contributed by atoms with Crippen LogP contribution in [0.1, 0.15) is 87.7 Å². The van der Waals surface area contributed by atoms with Crippen molar-refractivity contribution in [1.82, 2.24) is 14.9 Å². The van der Waals surface area contributed by atoms with Gasteiger partial charge in [-0.15, -0.1) is 0 Å². The van der Waals surface area contributed by atoms with E-state index in [2.05, 4.69) is 81.3 Å². The van der Waals surface area contributed by atoms with E-state index < -0.39 is 13.9 Å². The molecular weight excluding hydrogens is 603 g/mol. The lowest BCUT2D eigenvalue weighted by Crippen LogP contribution is -2.45. The summed E-state index contributed by atoms with van der Waals surface area (Å²) in [5, 5.41) is 2.48. The molecule has 1 amide bonds. The number of hydrogen-bond donors (Lipinski definition) is 1. The Balaban J connectivity index is 1.52. The summed E-state index contributed by atoms with van der Waals surface area (Å²) in [6, 6.07) is 24.5. The van der Waals surface area contributed by atoms with Crippen LogP contribution < -0.4 is 10.3 Å². The highest BCUT2D eigenvalue weighted by Gasteiger charge is 2.39. The van der Waals surface area contributed by atoms with Crippen LogP contribution in [0.15, 0.2) is 77.6 Å². The monoisotopic (exact) mass is 653 g/mol. The van der Waals surface area contributed by atoms with E-state index >= 15 is 0 Å². The zero-order valence-corrected chi connectivity index (χ0v) is 30.2. The minimum atomic E-state index is -2.01. The van der Waals surface area contributed by atoms with E-state index in [1.807, 2.05) is 44.2 Å². The number of carbonyl (C=O) groups is 1. The van der Waals surface area contributed by atoms with Gasteiger partial charge < -0.3 is 19.0 Å². The molecule has 0 radical (unpaired) electrons. The van der Waals surface area contributed by atoms with Gasteiger partial charge in [0, 0.05) is 24.4 Å². The Kier molecular flexibility index (Phi) is 10.4. The maximum absolute atomic E-state index is 14.4. The predicted octanol–water partition coefficient (Wildman–Crippen LogP) is 8.43. The molecule has 1 aliphatic carbocycles. The van der Waals surface area contributed by atoms with Gasteiger partial charge in [0.05, 0.1) is 6.61 Å². The molecular formula is C39H51N3O4Si. The molecule has 1 saturated carbocycles. The number of ether oxygens (including phenoxy) is 1. The number of amides is 1. The fourth-order valence-corrected chi connectivity index (χ4v) is 7.58. The summed E-state index contributed by atoms with van der Waals surface area (Å²) in [6.07, 6.45) is 4.72. The van der Waals surface area contributed by atoms with Gasteiger partial charge in [0.2, 0.25) is 5.75 Å². The number of fused-ring (bicyclic) bond motifs is 1. The molecule has 1 aromatic heterocycles. The van der Waals surface area contributed by atoms with Gasteiger partial charge in [-0.25, -0.2) is 4.98 Å². The zero-order valence-electron chi connectivity index (χ0n) is 29.2. The van der Waals surface area contributed by atoms with Gasteiger partial charge in [-0.2, -0.15) is 0 Å². The molecule has 0 saturated heterocycles. The Hall–Kier alpha value is -3.75. The normalized spacial score (nSPS) is 14.9. The third kappa shape index (κ3) is 7.70. The van der Waals surface area contributed by atoms with E-state index in [0.717, 1.165) is 31.2 Å². The number of rotatable bonds is 12. The lowest BCUT2D eigenvalue weighted by Gasteiger charge is -2.37. The average Bonchev–Trinajstić information content (AvgIpc) is 3.51. The summed E-state index contributed by atoms with van der Waals surface area (Å²) in [7, 11) is -2.01. The zero-order chi connectivity index (χ0) is 33.8. The third-order valence-corrected chi connectivity index (χ3v) is 14.8. The van der Waals surface area contributed by atoms with Crippen LogP contribution in [0.2, 0.25) is 18.1 Å². The third-order valence-electron chi connectivity index (χ3n) is 10.3. The van der Waals surface area contributed by atoms with Crippen LogP contribution in [-0.4, -0.2) is 48.3 Å². The highest BCUT2D eigenvalue weighted by molar-refractivity contribution is 6.74. The molecule has 0 spiro atoms. The summed E-state index contributed by atoms with van der Waals surface area (Å²) in [5.74, 6) is 0.158. The van der Waals surface area contributed by atoms with Crippen molar-refractivity contribution in [1.29, 1.82) is 0 Å².